The summed E-state index contributed by atoms with van der Waals surface area (Å²) in [7, 11) is -0.703. The summed E-state index contributed by atoms with van der Waals surface area (Å²) in [4.78, 5) is 15.1. The number of anilines is 1. The third-order valence-corrected chi connectivity index (χ3v) is 7.88. The Kier molecular flexibility index (Phi) is 5.98. The number of carbonyl (C=O) groups excluding carboxylic acids is 1. The molecule has 0 saturated carbocycles. The van der Waals surface area contributed by atoms with Gasteiger partial charge < -0.3 is 4.90 Å². The lowest BCUT2D eigenvalue weighted by atomic mass is 9.94. The summed E-state index contributed by atoms with van der Waals surface area (Å²) >= 11 is 3.30. The average molecular weight is 465 g/mol. The Hall–Kier alpha value is -1.70. The van der Waals surface area contributed by atoms with Gasteiger partial charge in [0.25, 0.3) is 5.91 Å². The molecule has 0 aromatic heterocycles. The lowest BCUT2D eigenvalue weighted by Crippen LogP contribution is -2.35. The number of sulfonamides is 1. The van der Waals surface area contributed by atoms with Crippen LogP contribution in [0.1, 0.15) is 47.7 Å². The molecule has 1 heterocycles. The van der Waals surface area contributed by atoms with E-state index in [1.165, 1.54) is 31.3 Å². The number of rotatable bonds is 4. The number of carbonyl (C=O) groups is 1. The molecule has 0 spiro atoms. The molecule has 7 heteroatoms. The lowest BCUT2D eigenvalue weighted by molar-refractivity contribution is 0.0985. The molecule has 1 aliphatic heterocycles. The summed E-state index contributed by atoms with van der Waals surface area (Å²) in [6.07, 6.45) is 1.83. The Morgan fingerprint density at radius 3 is 2.50 bits per heavy atom. The summed E-state index contributed by atoms with van der Waals surface area (Å²) in [5.41, 5.74) is 3.71. The Morgan fingerprint density at radius 1 is 1.14 bits per heavy atom. The van der Waals surface area contributed by atoms with Gasteiger partial charge in [-0.3, -0.25) is 4.79 Å². The molecule has 0 atom stereocenters. The first-order valence-electron chi connectivity index (χ1n) is 9.29. The summed E-state index contributed by atoms with van der Waals surface area (Å²) in [5.74, 6) is 0.252. The quantitative estimate of drug-likeness (QED) is 0.672. The molecule has 5 nitrogen and oxygen atoms in total. The van der Waals surface area contributed by atoms with Crippen LogP contribution in [0.3, 0.4) is 0 Å². The topological polar surface area (TPSA) is 57.7 Å². The number of hydrogen-bond acceptors (Lipinski definition) is 3. The highest BCUT2D eigenvalue weighted by Crippen LogP contribution is 2.32. The predicted octanol–water partition coefficient (Wildman–Crippen LogP) is 4.42. The van der Waals surface area contributed by atoms with Gasteiger partial charge in [-0.2, -0.15) is 0 Å². The maximum absolute atomic E-state index is 13.2. The minimum Gasteiger partial charge on any atom is -0.308 e. The van der Waals surface area contributed by atoms with E-state index in [2.05, 4.69) is 41.9 Å². The Balaban J connectivity index is 2.01. The monoisotopic (exact) mass is 464 g/mol. The van der Waals surface area contributed by atoms with Crippen LogP contribution in [-0.4, -0.2) is 39.3 Å². The van der Waals surface area contributed by atoms with Crippen LogP contribution in [-0.2, 0) is 16.4 Å². The molecule has 3 rings (SSSR count). The van der Waals surface area contributed by atoms with Gasteiger partial charge in [0, 0.05) is 36.4 Å². The second kappa shape index (κ2) is 7.97. The van der Waals surface area contributed by atoms with E-state index in [0.29, 0.717) is 22.5 Å². The van der Waals surface area contributed by atoms with E-state index in [1.807, 2.05) is 6.07 Å². The second-order valence-electron chi connectivity index (χ2n) is 7.54. The van der Waals surface area contributed by atoms with E-state index < -0.39 is 10.0 Å². The Bertz CT molecular complexity index is 1020. The Labute approximate surface area is 175 Å². The summed E-state index contributed by atoms with van der Waals surface area (Å²) in [5, 5.41) is 0. The molecule has 0 N–H and O–H groups in total. The van der Waals surface area contributed by atoms with Gasteiger partial charge in [-0.15, -0.1) is 0 Å². The van der Waals surface area contributed by atoms with Gasteiger partial charge in [0.2, 0.25) is 10.0 Å². The van der Waals surface area contributed by atoms with Crippen molar-refractivity contribution in [1.82, 2.24) is 4.31 Å². The smallest absolute Gasteiger partial charge is 0.258 e. The first-order chi connectivity index (χ1) is 13.1. The molecule has 28 heavy (non-hydrogen) atoms. The number of halogens is 1. The summed E-state index contributed by atoms with van der Waals surface area (Å²) in [6, 6.07) is 11.0. The lowest BCUT2D eigenvalue weighted by Gasteiger charge is -2.30. The van der Waals surface area contributed by atoms with E-state index in [-0.39, 0.29) is 10.8 Å². The molecule has 0 aliphatic carbocycles. The van der Waals surface area contributed by atoms with Gasteiger partial charge in [0.1, 0.15) is 0 Å². The van der Waals surface area contributed by atoms with Gasteiger partial charge in [-0.05, 0) is 70.1 Å². The molecular weight excluding hydrogens is 440 g/mol. The zero-order valence-electron chi connectivity index (χ0n) is 16.6. The van der Waals surface area contributed by atoms with Crippen molar-refractivity contribution in [2.45, 2.75) is 37.5 Å². The summed E-state index contributed by atoms with van der Waals surface area (Å²) < 4.78 is 26.7. The maximum atomic E-state index is 13.2. The molecule has 0 saturated heterocycles. The van der Waals surface area contributed by atoms with Crippen LogP contribution in [0.15, 0.2) is 45.8 Å². The number of fused-ring (bicyclic) bond motifs is 1. The van der Waals surface area contributed by atoms with Gasteiger partial charge in [-0.25, -0.2) is 12.7 Å². The normalized spacial score (nSPS) is 14.5. The highest BCUT2D eigenvalue weighted by molar-refractivity contribution is 9.10. The minimum atomic E-state index is -3.65. The largest absolute Gasteiger partial charge is 0.308 e. The maximum Gasteiger partial charge on any atom is 0.258 e. The number of benzene rings is 2. The van der Waals surface area contributed by atoms with Crippen molar-refractivity contribution in [3.8, 4) is 0 Å². The highest BCUT2D eigenvalue weighted by Gasteiger charge is 2.27. The van der Waals surface area contributed by atoms with Crippen molar-refractivity contribution in [1.29, 1.82) is 0 Å². The molecule has 2 aromatic rings. The van der Waals surface area contributed by atoms with E-state index in [9.17, 15) is 13.2 Å². The molecule has 150 valence electrons. The molecule has 0 fully saturated rings. The molecular formula is C21H25BrN2O3S. The van der Waals surface area contributed by atoms with Crippen LogP contribution >= 0.6 is 15.9 Å². The van der Waals surface area contributed by atoms with Crippen molar-refractivity contribution >= 4 is 37.5 Å². The molecule has 0 unspecified atom stereocenters. The zero-order chi connectivity index (χ0) is 20.6. The van der Waals surface area contributed by atoms with Gasteiger partial charge >= 0.3 is 0 Å². The Morgan fingerprint density at radius 2 is 1.86 bits per heavy atom. The fourth-order valence-corrected chi connectivity index (χ4v) is 5.22. The first kappa shape index (κ1) is 21.0. The van der Waals surface area contributed by atoms with E-state index >= 15 is 0 Å². The van der Waals surface area contributed by atoms with Gasteiger partial charge in [-0.1, -0.05) is 26.0 Å². The van der Waals surface area contributed by atoms with Crippen molar-refractivity contribution in [3.63, 3.8) is 0 Å². The molecule has 1 amide bonds. The van der Waals surface area contributed by atoms with E-state index in [0.717, 1.165) is 22.8 Å². The van der Waals surface area contributed by atoms with Crippen molar-refractivity contribution in [2.24, 2.45) is 0 Å². The number of hydrogen-bond donors (Lipinski definition) is 0. The summed E-state index contributed by atoms with van der Waals surface area (Å²) in [6.45, 7) is 4.93. The van der Waals surface area contributed by atoms with Crippen molar-refractivity contribution in [2.75, 3.05) is 25.5 Å². The van der Waals surface area contributed by atoms with Crippen LogP contribution in [0.5, 0.6) is 0 Å². The number of aryl methyl sites for hydroxylation is 1. The molecule has 0 bridgehead atoms. The van der Waals surface area contributed by atoms with Crippen LogP contribution in [0, 0.1) is 0 Å². The standard InChI is InChI=1S/C21H25BrN2O3S/c1-14(2)15-8-10-19-16(12-15)6-5-11-24(19)21(25)17-7-9-18(22)20(13-17)28(26,27)23(3)4/h7-10,12-14H,5-6,11H2,1-4H3. The van der Waals surface area contributed by atoms with Crippen LogP contribution < -0.4 is 4.90 Å². The molecule has 2 aromatic carbocycles. The first-order valence-corrected chi connectivity index (χ1v) is 11.5. The zero-order valence-corrected chi connectivity index (χ0v) is 19.0. The van der Waals surface area contributed by atoms with Crippen molar-refractivity contribution < 1.29 is 13.2 Å². The highest BCUT2D eigenvalue weighted by atomic mass is 79.9. The SMILES string of the molecule is CC(C)c1ccc2c(c1)CCCN2C(=O)c1ccc(Br)c(S(=O)(=O)N(C)C)c1. The van der Waals surface area contributed by atoms with E-state index in [4.69, 9.17) is 0 Å². The third kappa shape index (κ3) is 3.88. The van der Waals surface area contributed by atoms with Crippen LogP contribution in [0.25, 0.3) is 0 Å². The number of amides is 1. The predicted molar refractivity (Wildman–Crippen MR) is 116 cm³/mol. The van der Waals surface area contributed by atoms with Crippen LogP contribution in [0.2, 0.25) is 0 Å². The number of nitrogens with zero attached hydrogens (tertiary/aromatic N) is 2. The molecule has 1 aliphatic rings. The fraction of sp³-hybridized carbons (Fsp3) is 0.381. The third-order valence-electron chi connectivity index (χ3n) is 5.07. The minimum absolute atomic E-state index is 0.0933. The van der Waals surface area contributed by atoms with Gasteiger partial charge in [0.15, 0.2) is 0 Å². The molecule has 0 radical (unpaired) electrons. The fourth-order valence-electron chi connectivity index (χ4n) is 3.37. The van der Waals surface area contributed by atoms with Gasteiger partial charge in [0.05, 0.1) is 4.90 Å². The van der Waals surface area contributed by atoms with E-state index in [1.54, 1.807) is 17.0 Å². The average Bonchev–Trinajstić information content (AvgIpc) is 2.66. The van der Waals surface area contributed by atoms with Crippen molar-refractivity contribution in [3.05, 3.63) is 57.6 Å². The second-order valence-corrected chi connectivity index (χ2v) is 10.5. The van der Waals surface area contributed by atoms with Crippen LogP contribution in [0.4, 0.5) is 5.69 Å².